The summed E-state index contributed by atoms with van der Waals surface area (Å²) < 4.78 is 4.99. The number of aliphatic hydroxyl groups excluding tert-OH is 2. The van der Waals surface area contributed by atoms with E-state index in [0.29, 0.717) is 6.29 Å². The van der Waals surface area contributed by atoms with E-state index in [2.05, 4.69) is 5.32 Å². The molecule has 7 heteroatoms. The van der Waals surface area contributed by atoms with E-state index in [4.69, 9.17) is 4.74 Å². The van der Waals surface area contributed by atoms with Crippen LogP contribution in [-0.2, 0) is 11.3 Å². The van der Waals surface area contributed by atoms with E-state index >= 15 is 0 Å². The number of benzene rings is 2. The van der Waals surface area contributed by atoms with Gasteiger partial charge in [0.1, 0.15) is 24.6 Å². The Hall–Kier alpha value is -2.90. The lowest BCUT2D eigenvalue weighted by Gasteiger charge is -2.19. The molecule has 7 nitrogen and oxygen atoms in total. The van der Waals surface area contributed by atoms with Crippen LogP contribution in [0.5, 0.6) is 5.75 Å². The fourth-order valence-corrected chi connectivity index (χ4v) is 2.15. The third-order valence-corrected chi connectivity index (χ3v) is 3.55. The molecule has 0 saturated carbocycles. The van der Waals surface area contributed by atoms with E-state index in [0.717, 1.165) is 5.56 Å². The molecule has 2 aromatic rings. The van der Waals surface area contributed by atoms with Gasteiger partial charge in [-0.2, -0.15) is 0 Å². The minimum absolute atomic E-state index is 0.000944. The zero-order valence-electron chi connectivity index (χ0n) is 13.3. The van der Waals surface area contributed by atoms with Crippen LogP contribution in [-0.4, -0.2) is 40.3 Å². The minimum atomic E-state index is -1.34. The van der Waals surface area contributed by atoms with Crippen LogP contribution in [0.3, 0.4) is 0 Å². The highest BCUT2D eigenvalue weighted by Gasteiger charge is 2.20. The third-order valence-electron chi connectivity index (χ3n) is 3.55. The summed E-state index contributed by atoms with van der Waals surface area (Å²) in [6, 6.07) is 13.0. The molecule has 0 aliphatic carbocycles. The van der Waals surface area contributed by atoms with Gasteiger partial charge in [0, 0.05) is 6.54 Å². The fraction of sp³-hybridized carbons (Fsp3) is 0.222. The van der Waals surface area contributed by atoms with Crippen molar-refractivity contribution in [3.8, 4) is 5.75 Å². The number of ether oxygens (including phenoxy) is 1. The van der Waals surface area contributed by atoms with Crippen molar-refractivity contribution in [2.75, 3.05) is 6.54 Å². The van der Waals surface area contributed by atoms with Crippen LogP contribution in [0.4, 0.5) is 4.79 Å². The molecule has 0 radical (unpaired) electrons. The average Bonchev–Trinajstić information content (AvgIpc) is 2.65. The number of aromatic hydroxyl groups is 1. The molecular weight excluding hydrogens is 326 g/mol. The van der Waals surface area contributed by atoms with Crippen molar-refractivity contribution in [3.63, 3.8) is 0 Å². The fourth-order valence-electron chi connectivity index (χ4n) is 2.15. The van der Waals surface area contributed by atoms with Crippen LogP contribution in [0, 0.1) is 0 Å². The molecule has 0 bridgehead atoms. The Balaban J connectivity index is 1.83. The second-order valence-electron chi connectivity index (χ2n) is 5.39. The average molecular weight is 345 g/mol. The number of nitrogens with one attached hydrogen (secondary N) is 1. The summed E-state index contributed by atoms with van der Waals surface area (Å²) in [6.45, 7) is -0.155. The maximum atomic E-state index is 11.6. The molecule has 2 aromatic carbocycles. The van der Waals surface area contributed by atoms with E-state index in [9.17, 15) is 24.9 Å². The van der Waals surface area contributed by atoms with Crippen molar-refractivity contribution in [1.29, 1.82) is 0 Å². The van der Waals surface area contributed by atoms with Crippen molar-refractivity contribution in [2.45, 2.75) is 18.8 Å². The Morgan fingerprint density at radius 1 is 1.16 bits per heavy atom. The Kier molecular flexibility index (Phi) is 6.50. The number of aldehydes is 1. The Labute approximate surface area is 144 Å². The number of amides is 1. The second-order valence-corrected chi connectivity index (χ2v) is 5.39. The zero-order valence-corrected chi connectivity index (χ0v) is 13.3. The molecule has 0 aliphatic rings. The number of aliphatic hydroxyl groups is 2. The number of carbonyl (C=O) groups excluding carboxylic acids is 2. The first kappa shape index (κ1) is 18.4. The standard InChI is InChI=1S/C18H19NO6/c20-10-14-8-13(6-7-15(14)21)17(23)16(22)9-19-18(24)25-11-12-4-2-1-3-5-12/h1-8,10,16-17,21-23H,9,11H2,(H,19,24). The quantitative estimate of drug-likeness (QED) is 0.566. The number of hydrogen-bond acceptors (Lipinski definition) is 6. The van der Waals surface area contributed by atoms with Crippen LogP contribution in [0.25, 0.3) is 0 Å². The Morgan fingerprint density at radius 2 is 1.88 bits per heavy atom. The van der Waals surface area contributed by atoms with Crippen LogP contribution in [0.2, 0.25) is 0 Å². The number of rotatable bonds is 7. The Bertz CT molecular complexity index is 719. The largest absolute Gasteiger partial charge is 0.507 e. The van der Waals surface area contributed by atoms with E-state index in [1.807, 2.05) is 18.2 Å². The highest BCUT2D eigenvalue weighted by molar-refractivity contribution is 5.79. The van der Waals surface area contributed by atoms with Crippen LogP contribution in [0.15, 0.2) is 48.5 Å². The molecule has 2 rings (SSSR count). The summed E-state index contributed by atoms with van der Waals surface area (Å²) in [4.78, 5) is 22.4. The van der Waals surface area contributed by atoms with Crippen LogP contribution >= 0.6 is 0 Å². The van der Waals surface area contributed by atoms with Gasteiger partial charge in [-0.05, 0) is 23.3 Å². The van der Waals surface area contributed by atoms with E-state index in [-0.39, 0.29) is 30.0 Å². The summed E-state index contributed by atoms with van der Waals surface area (Å²) in [5.74, 6) is -0.219. The second kappa shape index (κ2) is 8.81. The molecule has 0 aromatic heterocycles. The summed E-state index contributed by atoms with van der Waals surface area (Å²) >= 11 is 0. The van der Waals surface area contributed by atoms with Gasteiger partial charge in [0.05, 0.1) is 5.56 Å². The van der Waals surface area contributed by atoms with Gasteiger partial charge in [0.15, 0.2) is 6.29 Å². The van der Waals surface area contributed by atoms with Gasteiger partial charge >= 0.3 is 6.09 Å². The molecule has 2 atom stereocenters. The van der Waals surface area contributed by atoms with Gasteiger partial charge in [-0.3, -0.25) is 4.79 Å². The van der Waals surface area contributed by atoms with Gasteiger partial charge in [-0.1, -0.05) is 36.4 Å². The summed E-state index contributed by atoms with van der Waals surface area (Å²) in [7, 11) is 0. The predicted molar refractivity (Wildman–Crippen MR) is 89.1 cm³/mol. The van der Waals surface area contributed by atoms with E-state index in [1.54, 1.807) is 12.1 Å². The first-order valence-electron chi connectivity index (χ1n) is 7.60. The molecule has 0 heterocycles. The molecule has 0 spiro atoms. The first-order chi connectivity index (χ1) is 12.0. The predicted octanol–water partition coefficient (Wildman–Crippen LogP) is 1.53. The summed E-state index contributed by atoms with van der Waals surface area (Å²) in [6.07, 6.45) is -2.94. The van der Waals surface area contributed by atoms with Crippen molar-refractivity contribution < 1.29 is 29.6 Å². The molecule has 4 N–H and O–H groups in total. The van der Waals surface area contributed by atoms with Crippen LogP contribution < -0.4 is 5.32 Å². The third kappa shape index (κ3) is 5.30. The van der Waals surface area contributed by atoms with Gasteiger partial charge in [-0.25, -0.2) is 4.79 Å². The Morgan fingerprint density at radius 3 is 2.56 bits per heavy atom. The van der Waals surface area contributed by atoms with Crippen molar-refractivity contribution >= 4 is 12.4 Å². The highest BCUT2D eigenvalue weighted by atomic mass is 16.5. The van der Waals surface area contributed by atoms with E-state index in [1.165, 1.54) is 18.2 Å². The van der Waals surface area contributed by atoms with Crippen molar-refractivity contribution in [2.24, 2.45) is 0 Å². The smallest absolute Gasteiger partial charge is 0.407 e. The van der Waals surface area contributed by atoms with Gasteiger partial charge < -0.3 is 25.4 Å². The maximum absolute atomic E-state index is 11.6. The van der Waals surface area contributed by atoms with Crippen molar-refractivity contribution in [1.82, 2.24) is 5.32 Å². The first-order valence-corrected chi connectivity index (χ1v) is 7.60. The molecule has 25 heavy (non-hydrogen) atoms. The zero-order chi connectivity index (χ0) is 18.2. The minimum Gasteiger partial charge on any atom is -0.507 e. The molecule has 0 aliphatic heterocycles. The van der Waals surface area contributed by atoms with Gasteiger partial charge in [0.25, 0.3) is 0 Å². The number of phenolic OH excluding ortho intramolecular Hbond substituents is 1. The lowest BCUT2D eigenvalue weighted by molar-refractivity contribution is 0.0183. The number of alkyl carbamates (subject to hydrolysis) is 1. The van der Waals surface area contributed by atoms with Gasteiger partial charge in [0.2, 0.25) is 0 Å². The summed E-state index contributed by atoms with van der Waals surface area (Å²) in [5.41, 5.74) is 1.06. The number of phenols is 1. The molecule has 0 saturated heterocycles. The SMILES string of the molecule is O=Cc1cc(C(O)C(O)CNC(=O)OCc2ccccc2)ccc1O. The number of hydrogen-bond donors (Lipinski definition) is 4. The molecule has 2 unspecified atom stereocenters. The molecule has 132 valence electrons. The number of carbonyl (C=O) groups is 2. The molecule has 0 fully saturated rings. The lowest BCUT2D eigenvalue weighted by Crippen LogP contribution is -2.35. The monoisotopic (exact) mass is 345 g/mol. The normalized spacial score (nSPS) is 12.9. The van der Waals surface area contributed by atoms with Crippen LogP contribution in [0.1, 0.15) is 27.6 Å². The van der Waals surface area contributed by atoms with Gasteiger partial charge in [-0.15, -0.1) is 0 Å². The topological polar surface area (TPSA) is 116 Å². The maximum Gasteiger partial charge on any atom is 0.407 e. The lowest BCUT2D eigenvalue weighted by atomic mass is 10.0. The molecule has 1 amide bonds. The summed E-state index contributed by atoms with van der Waals surface area (Å²) in [5, 5.41) is 31.8. The van der Waals surface area contributed by atoms with E-state index < -0.39 is 18.3 Å². The highest BCUT2D eigenvalue weighted by Crippen LogP contribution is 2.23. The van der Waals surface area contributed by atoms with Crippen molar-refractivity contribution in [3.05, 3.63) is 65.2 Å². The molecular formula is C18H19NO6.